The smallest absolute Gasteiger partial charge is 0.274 e. The van der Waals surface area contributed by atoms with Gasteiger partial charge in [-0.2, -0.15) is 4.39 Å². The molecule has 0 unspecified atom stereocenters. The second kappa shape index (κ2) is 8.56. The molecule has 0 fully saturated rings. The van der Waals surface area contributed by atoms with Crippen molar-refractivity contribution in [2.24, 2.45) is 0 Å². The summed E-state index contributed by atoms with van der Waals surface area (Å²) in [5.74, 6) is 0.0984. The Bertz CT molecular complexity index is 375. The number of hydrogen-bond acceptors (Lipinski definition) is 2. The Morgan fingerprint density at radius 1 is 1.22 bits per heavy atom. The number of phenolic OH excluding ortho intramolecular Hbond substituents is 1. The Balaban J connectivity index is 2.28. The maximum absolute atomic E-state index is 13.4. The molecule has 0 saturated heterocycles. The third kappa shape index (κ3) is 5.71. The summed E-state index contributed by atoms with van der Waals surface area (Å²) in [6.45, 7) is 2.17. The third-order valence-electron chi connectivity index (χ3n) is 2.69. The van der Waals surface area contributed by atoms with Gasteiger partial charge in [-0.1, -0.05) is 44.7 Å². The summed E-state index contributed by atoms with van der Waals surface area (Å²) in [5.41, 5.74) is 0. The van der Waals surface area contributed by atoms with Crippen LogP contribution in [0.2, 0.25) is 0 Å². The van der Waals surface area contributed by atoms with Crippen LogP contribution in [0, 0.1) is 0 Å². The standard InChI is InChI=1S/C15H21FO2/c1-2-3-4-5-6-7-12-15(16)18-14-11-9-8-10-13(14)17/h8-12,17H,2-7H2,1H3/b15-12+. The molecule has 0 saturated carbocycles. The molecule has 0 heterocycles. The maximum Gasteiger partial charge on any atom is 0.274 e. The van der Waals surface area contributed by atoms with Gasteiger partial charge in [-0.25, -0.2) is 0 Å². The topological polar surface area (TPSA) is 29.5 Å². The molecule has 1 N–H and O–H groups in total. The number of benzene rings is 1. The lowest BCUT2D eigenvalue weighted by Gasteiger charge is -2.04. The number of halogens is 1. The average molecular weight is 252 g/mol. The first-order valence-corrected chi connectivity index (χ1v) is 6.55. The number of rotatable bonds is 8. The van der Waals surface area contributed by atoms with Gasteiger partial charge in [0, 0.05) is 0 Å². The molecule has 100 valence electrons. The van der Waals surface area contributed by atoms with Crippen LogP contribution in [0.4, 0.5) is 4.39 Å². The SMILES string of the molecule is CCCCCCC/C=C(\F)Oc1ccccc1O. The molecule has 0 atom stereocenters. The van der Waals surface area contributed by atoms with Crippen molar-refractivity contribution in [2.45, 2.75) is 45.4 Å². The Morgan fingerprint density at radius 3 is 2.67 bits per heavy atom. The minimum absolute atomic E-state index is 0.0519. The summed E-state index contributed by atoms with van der Waals surface area (Å²) < 4.78 is 18.3. The quantitative estimate of drug-likeness (QED) is 0.524. The normalized spacial score (nSPS) is 11.6. The number of phenols is 1. The lowest BCUT2D eigenvalue weighted by Crippen LogP contribution is -1.90. The fourth-order valence-electron chi connectivity index (χ4n) is 1.65. The number of allylic oxidation sites excluding steroid dienone is 1. The van der Waals surface area contributed by atoms with Crippen LogP contribution in [0.5, 0.6) is 11.5 Å². The first-order valence-electron chi connectivity index (χ1n) is 6.55. The van der Waals surface area contributed by atoms with E-state index in [-0.39, 0.29) is 11.5 Å². The van der Waals surface area contributed by atoms with Crippen molar-refractivity contribution in [3.63, 3.8) is 0 Å². The molecular formula is C15H21FO2. The first kappa shape index (κ1) is 14.6. The number of aromatic hydroxyl groups is 1. The largest absolute Gasteiger partial charge is 0.504 e. The Labute approximate surface area is 108 Å². The molecule has 0 aromatic heterocycles. The van der Waals surface area contributed by atoms with Crippen LogP contribution < -0.4 is 4.74 Å². The maximum atomic E-state index is 13.4. The second-order valence-electron chi connectivity index (χ2n) is 4.28. The van der Waals surface area contributed by atoms with Crippen LogP contribution in [-0.4, -0.2) is 5.11 Å². The van der Waals surface area contributed by atoms with Crippen molar-refractivity contribution < 1.29 is 14.2 Å². The predicted molar refractivity (Wildman–Crippen MR) is 71.3 cm³/mol. The average Bonchev–Trinajstić information content (AvgIpc) is 2.36. The first-order chi connectivity index (χ1) is 8.74. The van der Waals surface area contributed by atoms with E-state index >= 15 is 0 Å². The van der Waals surface area contributed by atoms with Crippen LogP contribution in [0.3, 0.4) is 0 Å². The van der Waals surface area contributed by atoms with Gasteiger partial charge in [-0.3, -0.25) is 0 Å². The molecular weight excluding hydrogens is 231 g/mol. The molecule has 0 aliphatic carbocycles. The molecule has 0 aliphatic rings. The highest BCUT2D eigenvalue weighted by Gasteiger charge is 2.03. The second-order valence-corrected chi connectivity index (χ2v) is 4.28. The minimum atomic E-state index is -0.646. The van der Waals surface area contributed by atoms with Gasteiger partial charge in [-0.15, -0.1) is 0 Å². The van der Waals surface area contributed by atoms with Gasteiger partial charge in [0.1, 0.15) is 0 Å². The van der Waals surface area contributed by atoms with Gasteiger partial charge in [0.05, 0.1) is 0 Å². The van der Waals surface area contributed by atoms with Crippen molar-refractivity contribution in [1.82, 2.24) is 0 Å². The van der Waals surface area contributed by atoms with Gasteiger partial charge in [-0.05, 0) is 31.1 Å². The third-order valence-corrected chi connectivity index (χ3v) is 2.69. The molecule has 0 radical (unpaired) electrons. The van der Waals surface area contributed by atoms with Crippen molar-refractivity contribution in [1.29, 1.82) is 0 Å². The van der Waals surface area contributed by atoms with Gasteiger partial charge in [0.25, 0.3) is 6.01 Å². The molecule has 1 aromatic rings. The summed E-state index contributed by atoms with van der Waals surface area (Å²) in [5, 5.41) is 9.41. The molecule has 1 rings (SSSR count). The molecule has 0 spiro atoms. The minimum Gasteiger partial charge on any atom is -0.504 e. The van der Waals surface area contributed by atoms with Crippen molar-refractivity contribution in [3.8, 4) is 11.5 Å². The summed E-state index contributed by atoms with van der Waals surface area (Å²) in [6.07, 6.45) is 7.83. The van der Waals surface area contributed by atoms with Crippen molar-refractivity contribution >= 4 is 0 Å². The van der Waals surface area contributed by atoms with E-state index < -0.39 is 6.01 Å². The predicted octanol–water partition coefficient (Wildman–Crippen LogP) is 4.94. The lowest BCUT2D eigenvalue weighted by atomic mass is 10.1. The highest BCUT2D eigenvalue weighted by Crippen LogP contribution is 2.26. The molecule has 18 heavy (non-hydrogen) atoms. The number of hydrogen-bond donors (Lipinski definition) is 1. The summed E-state index contributed by atoms with van der Waals surface area (Å²) in [6, 6.07) is 5.70. The van der Waals surface area contributed by atoms with Crippen LogP contribution in [0.25, 0.3) is 0 Å². The number of ether oxygens (including phenoxy) is 1. The van der Waals surface area contributed by atoms with Crippen molar-refractivity contribution in [3.05, 3.63) is 36.4 Å². The highest BCUT2D eigenvalue weighted by molar-refractivity contribution is 5.38. The van der Waals surface area contributed by atoms with E-state index in [1.807, 2.05) is 0 Å². The fraction of sp³-hybridized carbons (Fsp3) is 0.467. The molecule has 1 aromatic carbocycles. The van der Waals surface area contributed by atoms with E-state index in [4.69, 9.17) is 4.74 Å². The Morgan fingerprint density at radius 2 is 1.94 bits per heavy atom. The fourth-order valence-corrected chi connectivity index (χ4v) is 1.65. The van der Waals surface area contributed by atoms with E-state index in [0.717, 1.165) is 12.8 Å². The zero-order valence-electron chi connectivity index (χ0n) is 10.9. The highest BCUT2D eigenvalue weighted by atomic mass is 19.1. The molecule has 0 amide bonds. The van der Waals surface area contributed by atoms with Gasteiger partial charge < -0.3 is 9.84 Å². The van der Waals surface area contributed by atoms with E-state index in [2.05, 4.69) is 6.92 Å². The zero-order chi connectivity index (χ0) is 13.2. The number of para-hydroxylation sites is 2. The number of unbranched alkanes of at least 4 members (excludes halogenated alkanes) is 5. The van der Waals surface area contributed by atoms with Gasteiger partial charge in [0.15, 0.2) is 11.5 Å². The summed E-state index contributed by atoms with van der Waals surface area (Å²) in [7, 11) is 0. The van der Waals surface area contributed by atoms with Gasteiger partial charge >= 0.3 is 0 Å². The van der Waals surface area contributed by atoms with Crippen LogP contribution in [0.1, 0.15) is 45.4 Å². The van der Waals surface area contributed by atoms with E-state index in [0.29, 0.717) is 6.42 Å². The lowest BCUT2D eigenvalue weighted by molar-refractivity contribution is 0.286. The molecule has 0 aliphatic heterocycles. The Hall–Kier alpha value is -1.51. The van der Waals surface area contributed by atoms with Crippen LogP contribution >= 0.6 is 0 Å². The zero-order valence-corrected chi connectivity index (χ0v) is 10.9. The summed E-state index contributed by atoms with van der Waals surface area (Å²) >= 11 is 0. The monoisotopic (exact) mass is 252 g/mol. The molecule has 3 heteroatoms. The molecule has 2 nitrogen and oxygen atoms in total. The summed E-state index contributed by atoms with van der Waals surface area (Å²) in [4.78, 5) is 0. The Kier molecular flexibility index (Phi) is 6.92. The van der Waals surface area contributed by atoms with E-state index in [1.54, 1.807) is 12.1 Å². The van der Waals surface area contributed by atoms with Crippen molar-refractivity contribution in [2.75, 3.05) is 0 Å². The van der Waals surface area contributed by atoms with E-state index in [9.17, 15) is 9.50 Å². The molecule has 0 bridgehead atoms. The van der Waals surface area contributed by atoms with E-state index in [1.165, 1.54) is 37.5 Å². The van der Waals surface area contributed by atoms with Crippen LogP contribution in [0.15, 0.2) is 36.4 Å². The van der Waals surface area contributed by atoms with Gasteiger partial charge in [0.2, 0.25) is 0 Å². The van der Waals surface area contributed by atoms with Crippen LogP contribution in [-0.2, 0) is 0 Å².